The quantitative estimate of drug-likeness (QED) is 0.220. The Morgan fingerprint density at radius 2 is 1.26 bits per heavy atom. The fourth-order valence-corrected chi connectivity index (χ4v) is 5.39. The van der Waals surface area contributed by atoms with Crippen LogP contribution in [-0.2, 0) is 4.74 Å². The molecule has 0 aliphatic carbocycles. The van der Waals surface area contributed by atoms with Crippen molar-refractivity contribution >= 4 is 5.97 Å². The van der Waals surface area contributed by atoms with Crippen LogP contribution in [0.3, 0.4) is 0 Å². The molecule has 3 aromatic heterocycles. The second-order valence-corrected chi connectivity index (χ2v) is 10.2. The molecule has 9 heteroatoms. The molecule has 43 heavy (non-hydrogen) atoms. The summed E-state index contributed by atoms with van der Waals surface area (Å²) in [5.74, 6) is -0.244. The molecule has 0 bridgehead atoms. The molecule has 0 amide bonds. The number of nitrogens with zero attached hydrogens (tertiary/aromatic N) is 2. The molecule has 0 saturated heterocycles. The highest BCUT2D eigenvalue weighted by atomic mass is 16.5. The van der Waals surface area contributed by atoms with Crippen LogP contribution in [0.5, 0.6) is 0 Å². The van der Waals surface area contributed by atoms with E-state index in [4.69, 9.17) is 9.15 Å². The third kappa shape index (κ3) is 5.05. The Morgan fingerprint density at radius 1 is 0.744 bits per heavy atom. The summed E-state index contributed by atoms with van der Waals surface area (Å²) in [6.45, 7) is 5.69. The number of aromatic nitrogens is 4. The van der Waals surface area contributed by atoms with Gasteiger partial charge in [-0.3, -0.25) is 19.8 Å². The summed E-state index contributed by atoms with van der Waals surface area (Å²) in [5, 5.41) is 6.38. The molecule has 3 aromatic carbocycles. The largest absolute Gasteiger partial charge is 0.462 e. The van der Waals surface area contributed by atoms with Gasteiger partial charge in [0.25, 0.3) is 11.1 Å². The van der Waals surface area contributed by atoms with Crippen LogP contribution in [0.2, 0.25) is 0 Å². The van der Waals surface area contributed by atoms with Gasteiger partial charge in [-0.15, -0.1) is 0 Å². The maximum absolute atomic E-state index is 14.0. The fraction of sp³-hybridized carbons (Fsp3) is 0.147. The number of furan rings is 1. The number of para-hydroxylation sites is 2. The van der Waals surface area contributed by atoms with Crippen molar-refractivity contribution in [3.63, 3.8) is 0 Å². The van der Waals surface area contributed by atoms with Crippen LogP contribution in [-0.4, -0.2) is 32.1 Å². The van der Waals surface area contributed by atoms with E-state index in [2.05, 4.69) is 10.2 Å². The Bertz CT molecular complexity index is 1910. The second kappa shape index (κ2) is 11.4. The van der Waals surface area contributed by atoms with Crippen molar-refractivity contribution in [1.29, 1.82) is 0 Å². The molecule has 0 radical (unpaired) electrons. The number of carbonyl (C=O) groups excluding carboxylic acids is 1. The number of aromatic amines is 2. The molecule has 0 fully saturated rings. The maximum Gasteiger partial charge on any atom is 0.338 e. The highest BCUT2D eigenvalue weighted by Crippen LogP contribution is 2.35. The highest BCUT2D eigenvalue weighted by molar-refractivity contribution is 5.89. The van der Waals surface area contributed by atoms with Gasteiger partial charge in [0.15, 0.2) is 0 Å². The minimum absolute atomic E-state index is 0.281. The average molecular weight is 575 g/mol. The first-order valence-electron chi connectivity index (χ1n) is 14.0. The van der Waals surface area contributed by atoms with E-state index < -0.39 is 11.9 Å². The Hall–Kier alpha value is -5.57. The molecule has 2 N–H and O–H groups in total. The van der Waals surface area contributed by atoms with E-state index in [0.29, 0.717) is 57.6 Å². The van der Waals surface area contributed by atoms with Gasteiger partial charge in [-0.1, -0.05) is 48.5 Å². The monoisotopic (exact) mass is 574 g/mol. The van der Waals surface area contributed by atoms with Gasteiger partial charge in [-0.25, -0.2) is 14.2 Å². The zero-order chi connectivity index (χ0) is 30.1. The Labute approximate surface area is 247 Å². The molecule has 0 aliphatic rings. The van der Waals surface area contributed by atoms with Crippen molar-refractivity contribution in [3.8, 4) is 22.7 Å². The minimum atomic E-state index is -0.810. The van der Waals surface area contributed by atoms with Gasteiger partial charge >= 0.3 is 5.97 Å². The summed E-state index contributed by atoms with van der Waals surface area (Å²) >= 11 is 0. The topological polar surface area (TPSA) is 115 Å². The van der Waals surface area contributed by atoms with Crippen LogP contribution in [0.4, 0.5) is 0 Å². The smallest absolute Gasteiger partial charge is 0.338 e. The molecule has 0 atom stereocenters. The number of hydrogen-bond donors (Lipinski definition) is 2. The van der Waals surface area contributed by atoms with Crippen molar-refractivity contribution in [3.05, 3.63) is 152 Å². The molecule has 6 rings (SSSR count). The van der Waals surface area contributed by atoms with Gasteiger partial charge in [0, 0.05) is 17.0 Å². The lowest BCUT2D eigenvalue weighted by Gasteiger charge is -2.13. The van der Waals surface area contributed by atoms with E-state index in [-0.39, 0.29) is 11.1 Å². The van der Waals surface area contributed by atoms with E-state index in [0.717, 1.165) is 5.56 Å². The number of nitrogens with one attached hydrogen (secondary N) is 2. The number of aryl methyl sites for hydroxylation is 2. The minimum Gasteiger partial charge on any atom is -0.462 e. The number of hydrogen-bond acceptors (Lipinski definition) is 5. The van der Waals surface area contributed by atoms with Crippen LogP contribution >= 0.6 is 0 Å². The first-order chi connectivity index (χ1) is 20.9. The van der Waals surface area contributed by atoms with E-state index in [1.54, 1.807) is 43.3 Å². The summed E-state index contributed by atoms with van der Waals surface area (Å²) in [7, 11) is 0. The molecular formula is C34H30N4O5. The average Bonchev–Trinajstić information content (AvgIpc) is 3.72. The number of carbonyl (C=O) groups is 1. The summed E-state index contributed by atoms with van der Waals surface area (Å²) in [6, 6.07) is 29.0. The zero-order valence-corrected chi connectivity index (χ0v) is 24.0. The molecule has 0 aliphatic heterocycles. The number of benzene rings is 3. The van der Waals surface area contributed by atoms with E-state index >= 15 is 0 Å². The van der Waals surface area contributed by atoms with Crippen LogP contribution in [0.15, 0.2) is 111 Å². The molecule has 3 heterocycles. The Kier molecular flexibility index (Phi) is 7.29. The summed E-state index contributed by atoms with van der Waals surface area (Å²) in [4.78, 5) is 40.2. The number of rotatable bonds is 8. The molecule has 6 aromatic rings. The van der Waals surface area contributed by atoms with E-state index in [1.165, 1.54) is 9.36 Å². The third-order valence-electron chi connectivity index (χ3n) is 7.43. The molecule has 0 spiro atoms. The number of H-pyrrole nitrogens is 2. The van der Waals surface area contributed by atoms with Crippen LogP contribution < -0.4 is 11.1 Å². The van der Waals surface area contributed by atoms with Crippen molar-refractivity contribution < 1.29 is 13.9 Å². The number of esters is 1. The third-order valence-corrected chi connectivity index (χ3v) is 7.43. The van der Waals surface area contributed by atoms with Gasteiger partial charge in [0.1, 0.15) is 11.5 Å². The maximum atomic E-state index is 14.0. The lowest BCUT2D eigenvalue weighted by atomic mass is 9.89. The first-order valence-corrected chi connectivity index (χ1v) is 14.0. The van der Waals surface area contributed by atoms with Gasteiger partial charge in [0.05, 0.1) is 40.6 Å². The molecule has 216 valence electrons. The van der Waals surface area contributed by atoms with Crippen molar-refractivity contribution in [1.82, 2.24) is 19.6 Å². The first kappa shape index (κ1) is 27.6. The summed E-state index contributed by atoms with van der Waals surface area (Å²) in [5.41, 5.74) is 3.99. The standard InChI is InChI=1S/C34H30N4O5/c1-4-42-34(41)24-17-15-23(16-18-24)27-19-20-28(43-27)31(29-21(2)35-37(32(29)39)25-11-7-5-8-12-25)30-22(3)36-38(33(30)40)26-13-9-6-10-14-26/h5-20,31,35-36H,4H2,1-3H3. The Morgan fingerprint density at radius 3 is 1.74 bits per heavy atom. The normalized spacial score (nSPS) is 11.3. The highest BCUT2D eigenvalue weighted by Gasteiger charge is 2.33. The fourth-order valence-electron chi connectivity index (χ4n) is 5.39. The number of ether oxygens (including phenoxy) is 1. The SMILES string of the molecule is CCOC(=O)c1ccc(-c2ccc(C(c3c(C)[nH]n(-c4ccccc4)c3=O)c3c(C)[nH]n(-c4ccccc4)c3=O)o2)cc1. The molecule has 9 nitrogen and oxygen atoms in total. The predicted octanol–water partition coefficient (Wildman–Crippen LogP) is 5.88. The Balaban J connectivity index is 1.50. The molecule has 0 saturated carbocycles. The lowest BCUT2D eigenvalue weighted by Crippen LogP contribution is -2.25. The second-order valence-electron chi connectivity index (χ2n) is 10.2. The predicted molar refractivity (Wildman–Crippen MR) is 163 cm³/mol. The van der Waals surface area contributed by atoms with Crippen molar-refractivity contribution in [2.75, 3.05) is 6.61 Å². The van der Waals surface area contributed by atoms with E-state index in [1.807, 2.05) is 74.5 Å². The van der Waals surface area contributed by atoms with E-state index in [9.17, 15) is 14.4 Å². The summed E-state index contributed by atoms with van der Waals surface area (Å²) in [6.07, 6.45) is 0. The van der Waals surface area contributed by atoms with Crippen molar-refractivity contribution in [2.24, 2.45) is 0 Å². The van der Waals surface area contributed by atoms with Crippen molar-refractivity contribution in [2.45, 2.75) is 26.7 Å². The van der Waals surface area contributed by atoms with Gasteiger partial charge < -0.3 is 9.15 Å². The lowest BCUT2D eigenvalue weighted by molar-refractivity contribution is 0.0526. The van der Waals surface area contributed by atoms with Gasteiger partial charge in [-0.2, -0.15) is 0 Å². The van der Waals surface area contributed by atoms with Gasteiger partial charge in [0.2, 0.25) is 0 Å². The van der Waals surface area contributed by atoms with Crippen LogP contribution in [0.25, 0.3) is 22.7 Å². The molecular weight excluding hydrogens is 544 g/mol. The van der Waals surface area contributed by atoms with Crippen LogP contribution in [0.1, 0.15) is 51.5 Å². The zero-order valence-electron chi connectivity index (χ0n) is 24.0. The van der Waals surface area contributed by atoms with Crippen LogP contribution in [0, 0.1) is 13.8 Å². The van der Waals surface area contributed by atoms with Gasteiger partial charge in [-0.05, 0) is 69.3 Å². The molecule has 0 unspecified atom stereocenters. The summed E-state index contributed by atoms with van der Waals surface area (Å²) < 4.78 is 14.4.